The van der Waals surface area contributed by atoms with Crippen molar-refractivity contribution < 1.29 is 18.0 Å². The van der Waals surface area contributed by atoms with Gasteiger partial charge in [-0.2, -0.15) is 0 Å². The lowest BCUT2D eigenvalue weighted by Crippen LogP contribution is -2.52. The largest absolute Gasteiger partial charge is 0.352 e. The summed E-state index contributed by atoms with van der Waals surface area (Å²) in [7, 11) is -4.20. The number of benzene rings is 3. The number of sulfonamides is 1. The van der Waals surface area contributed by atoms with E-state index in [4.69, 9.17) is 34.8 Å². The van der Waals surface area contributed by atoms with Crippen LogP contribution in [0.2, 0.25) is 15.1 Å². The molecule has 2 amide bonds. The molecule has 220 valence electrons. The van der Waals surface area contributed by atoms with Gasteiger partial charge in [0.2, 0.25) is 11.8 Å². The highest BCUT2D eigenvalue weighted by Gasteiger charge is 2.33. The molecule has 7 nitrogen and oxygen atoms in total. The number of hydrogen-bond acceptors (Lipinski definition) is 4. The van der Waals surface area contributed by atoms with Crippen LogP contribution in [0.3, 0.4) is 0 Å². The van der Waals surface area contributed by atoms with Crippen molar-refractivity contribution in [3.63, 3.8) is 0 Å². The number of amides is 2. The molecule has 0 spiro atoms. The first-order valence-electron chi connectivity index (χ1n) is 13.1. The molecule has 0 saturated heterocycles. The van der Waals surface area contributed by atoms with E-state index >= 15 is 0 Å². The Bertz CT molecular complexity index is 1510. The minimum Gasteiger partial charge on any atom is -0.352 e. The molecule has 0 bridgehead atoms. The Kier molecular flexibility index (Phi) is 11.1. The lowest BCUT2D eigenvalue weighted by atomic mass is 10.1. The first-order valence-corrected chi connectivity index (χ1v) is 15.7. The van der Waals surface area contributed by atoms with Gasteiger partial charge >= 0.3 is 0 Å². The average molecular weight is 639 g/mol. The Morgan fingerprint density at radius 3 is 2.17 bits per heavy atom. The van der Waals surface area contributed by atoms with Gasteiger partial charge in [0, 0.05) is 17.6 Å². The van der Waals surface area contributed by atoms with Crippen molar-refractivity contribution in [1.82, 2.24) is 10.2 Å². The van der Waals surface area contributed by atoms with Crippen LogP contribution >= 0.6 is 34.8 Å². The zero-order chi connectivity index (χ0) is 30.5. The summed E-state index contributed by atoms with van der Waals surface area (Å²) in [6, 6.07) is 15.1. The molecule has 2 unspecified atom stereocenters. The van der Waals surface area contributed by atoms with Crippen LogP contribution < -0.4 is 9.62 Å². The Balaban J connectivity index is 2.08. The molecule has 3 aromatic rings. The van der Waals surface area contributed by atoms with E-state index in [1.54, 1.807) is 62.4 Å². The van der Waals surface area contributed by atoms with Crippen molar-refractivity contribution >= 4 is 62.3 Å². The molecule has 1 N–H and O–H groups in total. The molecular weight excluding hydrogens is 605 g/mol. The third-order valence-electron chi connectivity index (χ3n) is 6.90. The van der Waals surface area contributed by atoms with Gasteiger partial charge in [0.1, 0.15) is 12.6 Å². The molecule has 0 heterocycles. The van der Waals surface area contributed by atoms with Gasteiger partial charge in [-0.15, -0.1) is 0 Å². The first kappa shape index (κ1) is 32.7. The number of nitrogens with zero attached hydrogens (tertiary/aromatic N) is 2. The quantitative estimate of drug-likeness (QED) is 0.251. The van der Waals surface area contributed by atoms with Crippen molar-refractivity contribution in [2.45, 2.75) is 64.6 Å². The third-order valence-corrected chi connectivity index (χ3v) is 9.82. The van der Waals surface area contributed by atoms with Gasteiger partial charge < -0.3 is 10.2 Å². The van der Waals surface area contributed by atoms with Gasteiger partial charge in [0.15, 0.2) is 0 Å². The van der Waals surface area contributed by atoms with Crippen molar-refractivity contribution in [3.8, 4) is 0 Å². The number of halogens is 3. The lowest BCUT2D eigenvalue weighted by molar-refractivity contribution is -0.139. The zero-order valence-electron chi connectivity index (χ0n) is 23.6. The number of carbonyl (C=O) groups excluding carboxylic acids is 2. The van der Waals surface area contributed by atoms with E-state index in [2.05, 4.69) is 5.32 Å². The van der Waals surface area contributed by atoms with E-state index in [1.165, 1.54) is 17.0 Å². The predicted octanol–water partition coefficient (Wildman–Crippen LogP) is 6.79. The van der Waals surface area contributed by atoms with Crippen molar-refractivity contribution in [2.75, 3.05) is 10.8 Å². The molecule has 0 saturated carbocycles. The van der Waals surface area contributed by atoms with E-state index < -0.39 is 28.5 Å². The Morgan fingerprint density at radius 2 is 1.56 bits per heavy atom. The van der Waals surface area contributed by atoms with Crippen LogP contribution in [0.25, 0.3) is 0 Å². The fraction of sp³-hybridized carbons (Fsp3) is 0.333. The maximum atomic E-state index is 14.1. The number of aryl methyl sites for hydroxylation is 1. The van der Waals surface area contributed by atoms with E-state index in [-0.39, 0.29) is 29.1 Å². The molecule has 41 heavy (non-hydrogen) atoms. The van der Waals surface area contributed by atoms with Gasteiger partial charge in [-0.3, -0.25) is 13.9 Å². The Morgan fingerprint density at radius 1 is 0.902 bits per heavy atom. The molecular formula is C30H34Cl3N3O4S. The average Bonchev–Trinajstić information content (AvgIpc) is 2.93. The van der Waals surface area contributed by atoms with Crippen LogP contribution in [-0.2, 0) is 26.2 Å². The minimum atomic E-state index is -4.20. The summed E-state index contributed by atoms with van der Waals surface area (Å²) in [5.41, 5.74) is 2.27. The molecule has 3 rings (SSSR count). The number of nitrogens with one attached hydrogen (secondary N) is 1. The second kappa shape index (κ2) is 13.9. The molecule has 0 fully saturated rings. The molecule has 0 aliphatic rings. The normalized spacial score (nSPS) is 12.9. The highest BCUT2D eigenvalue weighted by Crippen LogP contribution is 2.31. The summed E-state index contributed by atoms with van der Waals surface area (Å²) >= 11 is 18.7. The van der Waals surface area contributed by atoms with Crippen LogP contribution in [0.4, 0.5) is 5.69 Å². The second-order valence-electron chi connectivity index (χ2n) is 9.97. The van der Waals surface area contributed by atoms with E-state index in [0.717, 1.165) is 9.87 Å². The van der Waals surface area contributed by atoms with Crippen molar-refractivity contribution in [1.29, 1.82) is 0 Å². The van der Waals surface area contributed by atoms with Crippen molar-refractivity contribution in [2.24, 2.45) is 0 Å². The Labute approximate surface area is 257 Å². The fourth-order valence-corrected chi connectivity index (χ4v) is 6.06. The smallest absolute Gasteiger partial charge is 0.264 e. The number of anilines is 1. The molecule has 0 radical (unpaired) electrons. The number of hydrogen-bond donors (Lipinski definition) is 1. The van der Waals surface area contributed by atoms with Crippen LogP contribution in [0, 0.1) is 13.8 Å². The summed E-state index contributed by atoms with van der Waals surface area (Å²) in [6.07, 6.45) is 0.704. The summed E-state index contributed by atoms with van der Waals surface area (Å²) in [5, 5.41) is 3.91. The van der Waals surface area contributed by atoms with E-state index in [0.29, 0.717) is 32.6 Å². The number of carbonyl (C=O) groups is 2. The third kappa shape index (κ3) is 7.95. The molecule has 3 aromatic carbocycles. The maximum Gasteiger partial charge on any atom is 0.264 e. The van der Waals surface area contributed by atoms with Crippen molar-refractivity contribution in [3.05, 3.63) is 92.4 Å². The molecule has 0 aromatic heterocycles. The second-order valence-corrected chi connectivity index (χ2v) is 13.1. The molecule has 0 aliphatic heterocycles. The SMILES string of the molecule is CCC(C)NC(=O)C(C)N(Cc1ccc(Cl)c(Cl)c1)C(=O)CN(c1cccc(Cl)c1C)S(=O)(=O)c1ccc(C)cc1. The predicted molar refractivity (Wildman–Crippen MR) is 166 cm³/mol. The van der Waals surface area contributed by atoms with Gasteiger partial charge in [-0.05, 0) is 81.6 Å². The first-order chi connectivity index (χ1) is 19.3. The summed E-state index contributed by atoms with van der Waals surface area (Å²) in [6.45, 7) is 8.39. The van der Waals surface area contributed by atoms with Crippen LogP contribution in [-0.4, -0.2) is 43.8 Å². The van der Waals surface area contributed by atoms with Gasteiger partial charge in [-0.1, -0.05) is 71.6 Å². The van der Waals surface area contributed by atoms with Crippen LogP contribution in [0.1, 0.15) is 43.9 Å². The van der Waals surface area contributed by atoms with Crippen LogP contribution in [0.15, 0.2) is 65.6 Å². The highest BCUT2D eigenvalue weighted by molar-refractivity contribution is 7.92. The standard InChI is InChI=1S/C30H34Cl3N3O4S/c1-6-20(3)34-30(38)22(5)35(17-23-12-15-26(32)27(33)16-23)29(37)18-36(28-9-7-8-25(31)21(28)4)41(39,40)24-13-10-19(2)11-14-24/h7-16,20,22H,6,17-18H2,1-5H3,(H,34,38). The maximum absolute atomic E-state index is 14.1. The lowest BCUT2D eigenvalue weighted by Gasteiger charge is -2.33. The Hall–Kier alpha value is -2.78. The minimum absolute atomic E-state index is 0.00222. The van der Waals surface area contributed by atoms with Gasteiger partial charge in [0.05, 0.1) is 20.6 Å². The van der Waals surface area contributed by atoms with E-state index in [9.17, 15) is 18.0 Å². The molecule has 11 heteroatoms. The van der Waals surface area contributed by atoms with E-state index in [1.807, 2.05) is 20.8 Å². The monoisotopic (exact) mass is 637 g/mol. The number of rotatable bonds is 11. The zero-order valence-corrected chi connectivity index (χ0v) is 26.7. The van der Waals surface area contributed by atoms with Gasteiger partial charge in [-0.25, -0.2) is 8.42 Å². The topological polar surface area (TPSA) is 86.8 Å². The highest BCUT2D eigenvalue weighted by atomic mass is 35.5. The fourth-order valence-electron chi connectivity index (χ4n) is 4.10. The summed E-state index contributed by atoms with van der Waals surface area (Å²) in [5.74, 6) is -0.947. The van der Waals surface area contributed by atoms with Crippen LogP contribution in [0.5, 0.6) is 0 Å². The van der Waals surface area contributed by atoms with Gasteiger partial charge in [0.25, 0.3) is 10.0 Å². The summed E-state index contributed by atoms with van der Waals surface area (Å²) < 4.78 is 29.0. The summed E-state index contributed by atoms with van der Waals surface area (Å²) in [4.78, 5) is 28.6. The molecule has 2 atom stereocenters. The molecule has 0 aliphatic carbocycles.